The van der Waals surface area contributed by atoms with E-state index in [1.54, 1.807) is 12.1 Å². The maximum absolute atomic E-state index is 13.8. The maximum Gasteiger partial charge on any atom is 0.258 e. The SMILES string of the molecule is CC(Br)c1ccccc1NC(=O)c1cccc(Cl)c1F. The Labute approximate surface area is 130 Å². The summed E-state index contributed by atoms with van der Waals surface area (Å²) >= 11 is 9.14. The molecule has 20 heavy (non-hydrogen) atoms. The molecule has 1 unspecified atom stereocenters. The van der Waals surface area contributed by atoms with Crippen LogP contribution in [0, 0.1) is 5.82 Å². The van der Waals surface area contributed by atoms with Gasteiger partial charge in [-0.05, 0) is 30.7 Å². The van der Waals surface area contributed by atoms with Gasteiger partial charge in [0.2, 0.25) is 0 Å². The summed E-state index contributed by atoms with van der Waals surface area (Å²) in [5.74, 6) is -1.23. The van der Waals surface area contributed by atoms with E-state index in [4.69, 9.17) is 11.6 Å². The summed E-state index contributed by atoms with van der Waals surface area (Å²) in [6, 6.07) is 11.7. The number of para-hydroxylation sites is 1. The Bertz CT molecular complexity index is 646. The van der Waals surface area contributed by atoms with Crippen LogP contribution in [0.15, 0.2) is 42.5 Å². The molecule has 2 aromatic rings. The van der Waals surface area contributed by atoms with Crippen molar-refractivity contribution >= 4 is 39.1 Å². The second-order valence-corrected chi connectivity index (χ2v) is 6.04. The highest BCUT2D eigenvalue weighted by atomic mass is 79.9. The van der Waals surface area contributed by atoms with E-state index >= 15 is 0 Å². The number of benzene rings is 2. The Balaban J connectivity index is 2.31. The fraction of sp³-hybridized carbons (Fsp3) is 0.133. The van der Waals surface area contributed by atoms with Gasteiger partial charge >= 0.3 is 0 Å². The fourth-order valence-corrected chi connectivity index (χ4v) is 2.40. The molecule has 0 heterocycles. The second-order valence-electron chi connectivity index (χ2n) is 4.26. The van der Waals surface area contributed by atoms with Gasteiger partial charge in [0.1, 0.15) is 0 Å². The molecule has 0 radical (unpaired) electrons. The summed E-state index contributed by atoms with van der Waals surface area (Å²) in [6.45, 7) is 1.95. The number of carbonyl (C=O) groups is 1. The molecule has 0 fully saturated rings. The van der Waals surface area contributed by atoms with Crippen LogP contribution in [0.25, 0.3) is 0 Å². The van der Waals surface area contributed by atoms with E-state index in [0.717, 1.165) is 5.56 Å². The van der Waals surface area contributed by atoms with E-state index in [0.29, 0.717) is 5.69 Å². The molecule has 0 spiro atoms. The van der Waals surface area contributed by atoms with E-state index in [-0.39, 0.29) is 15.4 Å². The Morgan fingerprint density at radius 2 is 1.95 bits per heavy atom. The number of carbonyl (C=O) groups excluding carboxylic acids is 1. The van der Waals surface area contributed by atoms with Crippen molar-refractivity contribution in [2.24, 2.45) is 0 Å². The third-order valence-corrected chi connectivity index (χ3v) is 3.62. The molecule has 104 valence electrons. The third-order valence-electron chi connectivity index (χ3n) is 2.83. The van der Waals surface area contributed by atoms with Crippen LogP contribution >= 0.6 is 27.5 Å². The molecule has 2 nitrogen and oxygen atoms in total. The van der Waals surface area contributed by atoms with E-state index < -0.39 is 11.7 Å². The second kappa shape index (κ2) is 6.37. The lowest BCUT2D eigenvalue weighted by molar-refractivity contribution is 0.102. The minimum atomic E-state index is -0.712. The van der Waals surface area contributed by atoms with Gasteiger partial charge in [-0.25, -0.2) is 4.39 Å². The summed E-state index contributed by atoms with van der Waals surface area (Å²) < 4.78 is 13.8. The molecule has 0 aliphatic heterocycles. The molecule has 1 atom stereocenters. The highest BCUT2D eigenvalue weighted by Crippen LogP contribution is 2.29. The van der Waals surface area contributed by atoms with Crippen LogP contribution in [0.4, 0.5) is 10.1 Å². The van der Waals surface area contributed by atoms with Gasteiger partial charge in [0.05, 0.1) is 10.6 Å². The molecule has 0 saturated carbocycles. The van der Waals surface area contributed by atoms with Crippen LogP contribution in [0.5, 0.6) is 0 Å². The molecule has 0 aromatic heterocycles. The molecule has 0 aliphatic carbocycles. The quantitative estimate of drug-likeness (QED) is 0.754. The molecule has 1 amide bonds. The summed E-state index contributed by atoms with van der Waals surface area (Å²) in [5.41, 5.74) is 1.49. The molecule has 5 heteroatoms. The number of alkyl halides is 1. The third kappa shape index (κ3) is 3.19. The number of amides is 1. The highest BCUT2D eigenvalue weighted by Gasteiger charge is 2.16. The van der Waals surface area contributed by atoms with Gasteiger partial charge in [0.25, 0.3) is 5.91 Å². The minimum absolute atomic E-state index is 0.0696. The van der Waals surface area contributed by atoms with Crippen LogP contribution in [-0.4, -0.2) is 5.91 Å². The zero-order chi connectivity index (χ0) is 14.7. The zero-order valence-electron chi connectivity index (χ0n) is 10.7. The smallest absolute Gasteiger partial charge is 0.258 e. The Morgan fingerprint density at radius 1 is 1.25 bits per heavy atom. The van der Waals surface area contributed by atoms with Gasteiger partial charge in [-0.1, -0.05) is 51.8 Å². The molecule has 0 saturated heterocycles. The van der Waals surface area contributed by atoms with Crippen molar-refractivity contribution in [1.29, 1.82) is 0 Å². The number of nitrogens with one attached hydrogen (secondary N) is 1. The molecule has 2 rings (SSSR count). The zero-order valence-corrected chi connectivity index (χ0v) is 13.0. The predicted molar refractivity (Wildman–Crippen MR) is 83.1 cm³/mol. The van der Waals surface area contributed by atoms with Crippen molar-refractivity contribution < 1.29 is 9.18 Å². The Kier molecular flexibility index (Phi) is 4.78. The maximum atomic E-state index is 13.8. The van der Waals surface area contributed by atoms with Gasteiger partial charge in [0, 0.05) is 10.5 Å². The largest absolute Gasteiger partial charge is 0.322 e. The summed E-state index contributed by atoms with van der Waals surface area (Å²) in [5, 5.41) is 2.64. The number of halogens is 3. The number of hydrogen-bond acceptors (Lipinski definition) is 1. The summed E-state index contributed by atoms with van der Waals surface area (Å²) in [7, 11) is 0. The van der Waals surface area contributed by atoms with Gasteiger partial charge in [-0.2, -0.15) is 0 Å². The number of anilines is 1. The normalized spacial score (nSPS) is 12.0. The van der Waals surface area contributed by atoms with Crippen molar-refractivity contribution in [3.63, 3.8) is 0 Å². The van der Waals surface area contributed by atoms with E-state index in [1.165, 1.54) is 12.1 Å². The van der Waals surface area contributed by atoms with Crippen molar-refractivity contribution in [1.82, 2.24) is 0 Å². The van der Waals surface area contributed by atoms with Crippen LogP contribution < -0.4 is 5.32 Å². The van der Waals surface area contributed by atoms with Gasteiger partial charge in [0.15, 0.2) is 5.82 Å². The van der Waals surface area contributed by atoms with Crippen molar-refractivity contribution in [3.8, 4) is 0 Å². The van der Waals surface area contributed by atoms with Crippen LogP contribution in [0.1, 0.15) is 27.7 Å². The lowest BCUT2D eigenvalue weighted by Gasteiger charge is -2.13. The molecular formula is C15H12BrClFNO. The average molecular weight is 357 g/mol. The van der Waals surface area contributed by atoms with E-state index in [1.807, 2.05) is 25.1 Å². The van der Waals surface area contributed by atoms with Crippen LogP contribution in [0.2, 0.25) is 5.02 Å². The van der Waals surface area contributed by atoms with Crippen LogP contribution in [0.3, 0.4) is 0 Å². The lowest BCUT2D eigenvalue weighted by Crippen LogP contribution is -2.15. The summed E-state index contributed by atoms with van der Waals surface area (Å²) in [4.78, 5) is 12.2. The topological polar surface area (TPSA) is 29.1 Å². The van der Waals surface area contributed by atoms with Gasteiger partial charge in [-0.3, -0.25) is 4.79 Å². The number of rotatable bonds is 3. The van der Waals surface area contributed by atoms with E-state index in [2.05, 4.69) is 21.2 Å². The average Bonchev–Trinajstić information content (AvgIpc) is 2.42. The van der Waals surface area contributed by atoms with Crippen LogP contribution in [-0.2, 0) is 0 Å². The fourth-order valence-electron chi connectivity index (χ4n) is 1.83. The summed E-state index contributed by atoms with van der Waals surface area (Å²) in [6.07, 6.45) is 0. The first-order valence-electron chi connectivity index (χ1n) is 5.99. The first-order chi connectivity index (χ1) is 9.50. The van der Waals surface area contributed by atoms with Gasteiger partial charge in [-0.15, -0.1) is 0 Å². The molecule has 0 bridgehead atoms. The first-order valence-corrected chi connectivity index (χ1v) is 7.28. The van der Waals surface area contributed by atoms with E-state index in [9.17, 15) is 9.18 Å². The molecule has 0 aliphatic rings. The Morgan fingerprint density at radius 3 is 2.65 bits per heavy atom. The standard InChI is InChI=1S/C15H12BrClFNO/c1-9(16)10-5-2-3-8-13(10)19-15(20)11-6-4-7-12(17)14(11)18/h2-9H,1H3,(H,19,20). The minimum Gasteiger partial charge on any atom is -0.322 e. The molecule has 2 aromatic carbocycles. The predicted octanol–water partition coefficient (Wildman–Crippen LogP) is 5.19. The first kappa shape index (κ1) is 15.0. The lowest BCUT2D eigenvalue weighted by atomic mass is 10.1. The van der Waals surface area contributed by atoms with Crippen molar-refractivity contribution in [2.45, 2.75) is 11.8 Å². The monoisotopic (exact) mass is 355 g/mol. The molecule has 1 N–H and O–H groups in total. The highest BCUT2D eigenvalue weighted by molar-refractivity contribution is 9.09. The Hall–Kier alpha value is -1.39. The van der Waals surface area contributed by atoms with Gasteiger partial charge < -0.3 is 5.32 Å². The van der Waals surface area contributed by atoms with Crippen molar-refractivity contribution in [2.75, 3.05) is 5.32 Å². The number of hydrogen-bond donors (Lipinski definition) is 1. The van der Waals surface area contributed by atoms with Crippen molar-refractivity contribution in [3.05, 3.63) is 64.4 Å². The molecular weight excluding hydrogens is 345 g/mol.